The summed E-state index contributed by atoms with van der Waals surface area (Å²) < 4.78 is 52.5. The lowest BCUT2D eigenvalue weighted by Gasteiger charge is -2.28. The first-order valence-corrected chi connectivity index (χ1v) is 26.0. The fraction of sp³-hybridized carbons (Fsp3) is 0.941. The third-order valence-corrected chi connectivity index (χ3v) is 13.5. The first kappa shape index (κ1) is 62.1. The van der Waals surface area contributed by atoms with E-state index < -0.39 is 35.0 Å². The molecule has 0 saturated carbocycles. The fourth-order valence-corrected chi connectivity index (χ4v) is 9.00. The summed E-state index contributed by atoms with van der Waals surface area (Å²) in [5.41, 5.74) is -1.35. The Morgan fingerprint density at radius 1 is 0.242 bits per heavy atom. The minimum absolute atomic E-state index is 0.349. The van der Waals surface area contributed by atoms with Crippen molar-refractivity contribution in [1.29, 1.82) is 0 Å². The van der Waals surface area contributed by atoms with E-state index in [0.717, 1.165) is 116 Å². The van der Waals surface area contributed by atoms with Crippen molar-refractivity contribution in [2.45, 2.75) is 249 Å². The predicted molar refractivity (Wildman–Crippen MR) is 263 cm³/mol. The Labute approximate surface area is 400 Å². The van der Waals surface area contributed by atoms with Gasteiger partial charge < -0.3 is 42.6 Å². The molecule has 1 rings (SSSR count). The number of unbranched alkanes of at least 4 members (excludes halogenated alkanes) is 27. The molecule has 0 N–H and O–H groups in total. The standard InChI is InChI=1S/C51H99N3O12/c1-58-49(59-2,60-3)40-34-28-22-16-10-13-19-25-31-37-43-52-46(55)53(44-38-32-26-20-14-11-17-23-29-35-41-50(61-4,62-5)63-6)48(57)54(47(52)56)45-39-33-27-21-15-12-18-24-30-36-42-51(64-7,65-8)66-9/h10-45H2,1-9H3. The van der Waals surface area contributed by atoms with Crippen molar-refractivity contribution in [3.63, 3.8) is 0 Å². The van der Waals surface area contributed by atoms with Gasteiger partial charge in [0.05, 0.1) is 0 Å². The molecule has 0 bridgehead atoms. The Kier molecular flexibility index (Phi) is 36.5. The lowest BCUT2D eigenvalue weighted by Crippen LogP contribution is -2.54. The molecule has 0 aliphatic carbocycles. The van der Waals surface area contributed by atoms with Gasteiger partial charge in [0.1, 0.15) is 0 Å². The second-order valence-corrected chi connectivity index (χ2v) is 18.0. The normalized spacial score (nSPS) is 12.5. The highest BCUT2D eigenvalue weighted by Crippen LogP contribution is 2.24. The zero-order valence-electron chi connectivity index (χ0n) is 43.7. The van der Waals surface area contributed by atoms with Crippen LogP contribution in [-0.4, -0.2) is 95.6 Å². The van der Waals surface area contributed by atoms with Crippen LogP contribution in [0.4, 0.5) is 0 Å². The lowest BCUT2D eigenvalue weighted by atomic mass is 10.1. The SMILES string of the molecule is COC(CCCCCCCCCCCCn1c(=O)n(CCCCCCCCCCCCC(OC)(OC)OC)c(=O)n(CCCCCCCCCCCCC(OC)(OC)OC)c1=O)(OC)OC. The molecule has 0 atom stereocenters. The molecule has 1 heterocycles. The number of rotatable bonds is 48. The number of hydrogen-bond donors (Lipinski definition) is 0. The van der Waals surface area contributed by atoms with Gasteiger partial charge in [0, 0.05) is 103 Å². The molecule has 390 valence electrons. The van der Waals surface area contributed by atoms with Crippen LogP contribution in [0, 0.1) is 0 Å². The van der Waals surface area contributed by atoms with Crippen LogP contribution < -0.4 is 17.1 Å². The minimum Gasteiger partial charge on any atom is -0.331 e. The van der Waals surface area contributed by atoms with Gasteiger partial charge in [-0.3, -0.25) is 0 Å². The van der Waals surface area contributed by atoms with Crippen molar-refractivity contribution < 1.29 is 42.6 Å². The minimum atomic E-state index is -0.940. The number of hydrogen-bond acceptors (Lipinski definition) is 12. The summed E-state index contributed by atoms with van der Waals surface area (Å²) in [6, 6.07) is 0. The van der Waals surface area contributed by atoms with Gasteiger partial charge in [-0.25, -0.2) is 28.1 Å². The molecule has 1 aromatic rings. The third-order valence-electron chi connectivity index (χ3n) is 13.5. The van der Waals surface area contributed by atoms with Gasteiger partial charge in [0.2, 0.25) is 0 Å². The average molecular weight is 946 g/mol. The molecule has 15 nitrogen and oxygen atoms in total. The molecule has 0 fully saturated rings. The van der Waals surface area contributed by atoms with Crippen LogP contribution >= 0.6 is 0 Å². The van der Waals surface area contributed by atoms with E-state index in [2.05, 4.69) is 0 Å². The van der Waals surface area contributed by atoms with E-state index in [1.807, 2.05) is 0 Å². The molecule has 0 unspecified atom stereocenters. The number of ether oxygens (including phenoxy) is 9. The summed E-state index contributed by atoms with van der Waals surface area (Å²) in [4.78, 5) is 41.1. The zero-order valence-corrected chi connectivity index (χ0v) is 43.7. The van der Waals surface area contributed by atoms with Crippen LogP contribution in [-0.2, 0) is 62.3 Å². The topological polar surface area (TPSA) is 149 Å². The van der Waals surface area contributed by atoms with Crippen LogP contribution in [0.3, 0.4) is 0 Å². The maximum absolute atomic E-state index is 13.7. The highest BCUT2D eigenvalue weighted by atomic mass is 16.9. The Bertz CT molecular complexity index is 1240. The molecule has 0 saturated heterocycles. The predicted octanol–water partition coefficient (Wildman–Crippen LogP) is 10.8. The molecule has 0 aliphatic rings. The van der Waals surface area contributed by atoms with Crippen molar-refractivity contribution in [3.8, 4) is 0 Å². The van der Waals surface area contributed by atoms with Crippen molar-refractivity contribution in [3.05, 3.63) is 31.5 Å². The summed E-state index contributed by atoms with van der Waals surface area (Å²) in [5.74, 6) is -2.82. The Morgan fingerprint density at radius 2 is 0.379 bits per heavy atom. The average Bonchev–Trinajstić information content (AvgIpc) is 3.34. The maximum Gasteiger partial charge on any atom is 0.336 e. The molecule has 66 heavy (non-hydrogen) atoms. The van der Waals surface area contributed by atoms with E-state index in [4.69, 9.17) is 42.6 Å². The van der Waals surface area contributed by atoms with E-state index in [0.29, 0.717) is 38.9 Å². The molecule has 0 aromatic carbocycles. The number of aromatic nitrogens is 3. The fourth-order valence-electron chi connectivity index (χ4n) is 9.00. The second kappa shape index (κ2) is 38.8. The highest BCUT2D eigenvalue weighted by Gasteiger charge is 2.30. The van der Waals surface area contributed by atoms with E-state index in [-0.39, 0.29) is 0 Å². The molecule has 0 radical (unpaired) electrons. The highest BCUT2D eigenvalue weighted by molar-refractivity contribution is 4.80. The van der Waals surface area contributed by atoms with Gasteiger partial charge >= 0.3 is 17.1 Å². The summed E-state index contributed by atoms with van der Waals surface area (Å²) in [6.07, 6.45) is 34.3. The largest absolute Gasteiger partial charge is 0.336 e. The van der Waals surface area contributed by atoms with Gasteiger partial charge in [-0.2, -0.15) is 0 Å². The molecule has 0 spiro atoms. The van der Waals surface area contributed by atoms with Crippen LogP contribution in [0.15, 0.2) is 14.4 Å². The van der Waals surface area contributed by atoms with E-state index in [1.165, 1.54) is 90.8 Å². The van der Waals surface area contributed by atoms with E-state index in [9.17, 15) is 14.4 Å². The lowest BCUT2D eigenvalue weighted by molar-refractivity contribution is -0.355. The molecule has 0 amide bonds. The first-order valence-electron chi connectivity index (χ1n) is 26.0. The van der Waals surface area contributed by atoms with Crippen molar-refractivity contribution in [2.24, 2.45) is 0 Å². The summed E-state index contributed by atoms with van der Waals surface area (Å²) in [5, 5.41) is 0. The third kappa shape index (κ3) is 24.6. The Balaban J connectivity index is 2.60. The monoisotopic (exact) mass is 946 g/mol. The van der Waals surface area contributed by atoms with Gasteiger partial charge in [0.25, 0.3) is 17.9 Å². The first-order chi connectivity index (χ1) is 32.1. The molecule has 1 aromatic heterocycles. The van der Waals surface area contributed by atoms with Gasteiger partial charge in [-0.15, -0.1) is 0 Å². The van der Waals surface area contributed by atoms with Crippen LogP contribution in [0.25, 0.3) is 0 Å². The Hall–Kier alpha value is -1.95. The second-order valence-electron chi connectivity index (χ2n) is 18.0. The van der Waals surface area contributed by atoms with E-state index in [1.54, 1.807) is 64.0 Å². The van der Waals surface area contributed by atoms with Crippen LogP contribution in [0.5, 0.6) is 0 Å². The molecule has 0 aliphatic heterocycles. The smallest absolute Gasteiger partial charge is 0.331 e. The number of methoxy groups -OCH3 is 9. The van der Waals surface area contributed by atoms with Gasteiger partial charge in [-0.1, -0.05) is 154 Å². The summed E-state index contributed by atoms with van der Waals surface area (Å²) in [6.45, 7) is 1.05. The van der Waals surface area contributed by atoms with Crippen LogP contribution in [0.1, 0.15) is 212 Å². The van der Waals surface area contributed by atoms with Crippen LogP contribution in [0.2, 0.25) is 0 Å². The quantitative estimate of drug-likeness (QED) is 0.0452. The van der Waals surface area contributed by atoms with Crippen molar-refractivity contribution in [1.82, 2.24) is 13.7 Å². The van der Waals surface area contributed by atoms with Crippen molar-refractivity contribution >= 4 is 0 Å². The van der Waals surface area contributed by atoms with Gasteiger partial charge in [0.15, 0.2) is 0 Å². The Morgan fingerprint density at radius 3 is 0.530 bits per heavy atom. The summed E-state index contributed by atoms with van der Waals surface area (Å²) in [7, 11) is 14.4. The zero-order chi connectivity index (χ0) is 48.8. The van der Waals surface area contributed by atoms with E-state index >= 15 is 0 Å². The summed E-state index contributed by atoms with van der Waals surface area (Å²) >= 11 is 0. The van der Waals surface area contributed by atoms with Crippen molar-refractivity contribution in [2.75, 3.05) is 64.0 Å². The molecule has 15 heteroatoms. The maximum atomic E-state index is 13.7. The van der Waals surface area contributed by atoms with Gasteiger partial charge in [-0.05, 0) is 38.5 Å². The number of nitrogens with zero attached hydrogens (tertiary/aromatic N) is 3. The molecular weight excluding hydrogens is 847 g/mol. The molecular formula is C51H99N3O12.